The van der Waals surface area contributed by atoms with Crippen LogP contribution in [-0.4, -0.2) is 24.0 Å². The molecule has 0 radical (unpaired) electrons. The van der Waals surface area contributed by atoms with Crippen LogP contribution >= 0.6 is 0 Å². The van der Waals surface area contributed by atoms with E-state index in [1.807, 2.05) is 0 Å². The third-order valence-electron chi connectivity index (χ3n) is 4.28. The summed E-state index contributed by atoms with van der Waals surface area (Å²) in [4.78, 5) is 34.9. The van der Waals surface area contributed by atoms with E-state index in [4.69, 9.17) is 9.15 Å². The quantitative estimate of drug-likeness (QED) is 0.484. The van der Waals surface area contributed by atoms with Crippen LogP contribution in [0.1, 0.15) is 24.3 Å². The molecule has 0 unspecified atom stereocenters. The Bertz CT molecular complexity index is 975. The summed E-state index contributed by atoms with van der Waals surface area (Å²) in [5.41, 5.74) is 1.45. The van der Waals surface area contributed by atoms with Crippen molar-refractivity contribution in [2.75, 3.05) is 7.11 Å². The largest absolute Gasteiger partial charge is 0.466 e. The van der Waals surface area contributed by atoms with Crippen LogP contribution in [0.15, 0.2) is 46.0 Å². The third-order valence-corrected chi connectivity index (χ3v) is 4.28. The summed E-state index contributed by atoms with van der Waals surface area (Å²) in [6.07, 6.45) is 0. The van der Waals surface area contributed by atoms with Gasteiger partial charge in [0.05, 0.1) is 23.2 Å². The lowest BCUT2D eigenvalue weighted by Gasteiger charge is -2.26. The molecule has 2 N–H and O–H groups in total. The zero-order valence-corrected chi connectivity index (χ0v) is 14.9. The highest BCUT2D eigenvalue weighted by Crippen LogP contribution is 2.37. The van der Waals surface area contributed by atoms with Gasteiger partial charge in [-0.25, -0.2) is 9.59 Å². The zero-order valence-electron chi connectivity index (χ0n) is 14.9. The number of amides is 2. The first kappa shape index (κ1) is 18.2. The average molecular weight is 371 g/mol. The molecule has 1 aromatic heterocycles. The van der Waals surface area contributed by atoms with Crippen molar-refractivity contribution in [1.82, 2.24) is 10.6 Å². The van der Waals surface area contributed by atoms with Crippen LogP contribution < -0.4 is 10.6 Å². The maximum absolute atomic E-state index is 12.1. The molecule has 0 saturated heterocycles. The standard InChI is InChI=1S/C18H17N3O6/c1-9-5-4-6-11(21(24)25)14(9)12-7-8-13(27-12)16-15(17(22)26-3)10(2)19-18(23)20-16/h4-8,16H,1-3H3,(H2,19,20,23)/t16-/m0/s1. The van der Waals surface area contributed by atoms with Gasteiger partial charge in [-0.1, -0.05) is 12.1 Å². The van der Waals surface area contributed by atoms with Gasteiger partial charge in [0.2, 0.25) is 0 Å². The van der Waals surface area contributed by atoms with Crippen molar-refractivity contribution < 1.29 is 23.7 Å². The number of furan rings is 1. The monoisotopic (exact) mass is 371 g/mol. The Labute approximate surface area is 154 Å². The van der Waals surface area contributed by atoms with Crippen LogP contribution in [0.3, 0.4) is 0 Å². The van der Waals surface area contributed by atoms with Crippen LogP contribution in [0.4, 0.5) is 10.5 Å². The third kappa shape index (κ3) is 3.26. The minimum absolute atomic E-state index is 0.0924. The molecule has 0 aliphatic carbocycles. The highest BCUT2D eigenvalue weighted by Gasteiger charge is 2.34. The number of rotatable bonds is 4. The summed E-state index contributed by atoms with van der Waals surface area (Å²) >= 11 is 0. The summed E-state index contributed by atoms with van der Waals surface area (Å²) in [7, 11) is 1.24. The summed E-state index contributed by atoms with van der Waals surface area (Å²) < 4.78 is 10.6. The van der Waals surface area contributed by atoms with Crippen molar-refractivity contribution in [2.24, 2.45) is 0 Å². The summed E-state index contributed by atoms with van der Waals surface area (Å²) in [6.45, 7) is 3.31. The zero-order chi connectivity index (χ0) is 19.7. The van der Waals surface area contributed by atoms with Crippen LogP contribution in [0.2, 0.25) is 0 Å². The Kier molecular flexibility index (Phi) is 4.68. The number of carbonyl (C=O) groups excluding carboxylic acids is 2. The number of esters is 1. The molecule has 0 saturated carbocycles. The highest BCUT2D eigenvalue weighted by molar-refractivity contribution is 5.94. The van der Waals surface area contributed by atoms with Crippen LogP contribution in [0.5, 0.6) is 0 Å². The first-order valence-corrected chi connectivity index (χ1v) is 8.04. The maximum Gasteiger partial charge on any atom is 0.338 e. The summed E-state index contributed by atoms with van der Waals surface area (Å²) in [5, 5.41) is 16.5. The number of nitro benzene ring substituents is 1. The summed E-state index contributed by atoms with van der Waals surface area (Å²) in [6, 6.07) is 6.49. The number of ether oxygens (including phenoxy) is 1. The summed E-state index contributed by atoms with van der Waals surface area (Å²) in [5.74, 6) is -0.0913. The van der Waals surface area contributed by atoms with E-state index in [2.05, 4.69) is 10.6 Å². The average Bonchev–Trinajstić information content (AvgIpc) is 3.09. The smallest absolute Gasteiger partial charge is 0.338 e. The van der Waals surface area contributed by atoms with Crippen LogP contribution in [0.25, 0.3) is 11.3 Å². The van der Waals surface area contributed by atoms with Crippen molar-refractivity contribution in [2.45, 2.75) is 19.9 Å². The first-order valence-electron chi connectivity index (χ1n) is 8.04. The lowest BCUT2D eigenvalue weighted by Crippen LogP contribution is -2.45. The number of nitrogens with one attached hydrogen (secondary N) is 2. The second-order valence-corrected chi connectivity index (χ2v) is 5.99. The molecule has 3 rings (SSSR count). The number of aryl methyl sites for hydroxylation is 1. The lowest BCUT2D eigenvalue weighted by atomic mass is 10.0. The Morgan fingerprint density at radius 2 is 2.00 bits per heavy atom. The molecule has 2 amide bonds. The minimum Gasteiger partial charge on any atom is -0.466 e. The van der Waals surface area contributed by atoms with Crippen LogP contribution in [0, 0.1) is 17.0 Å². The normalized spacial score (nSPS) is 16.6. The second kappa shape index (κ2) is 6.94. The molecule has 0 fully saturated rings. The number of benzene rings is 1. The Morgan fingerprint density at radius 1 is 1.26 bits per heavy atom. The molecule has 1 aliphatic rings. The molecule has 0 spiro atoms. The highest BCUT2D eigenvalue weighted by atomic mass is 16.6. The molecule has 9 heteroatoms. The van der Waals surface area contributed by atoms with E-state index < -0.39 is 23.0 Å². The molecule has 27 heavy (non-hydrogen) atoms. The minimum atomic E-state index is -0.872. The fraction of sp³-hybridized carbons (Fsp3) is 0.222. The van der Waals surface area contributed by atoms with Crippen molar-refractivity contribution >= 4 is 17.7 Å². The van der Waals surface area contributed by atoms with Gasteiger partial charge in [0.15, 0.2) is 0 Å². The topological polar surface area (TPSA) is 124 Å². The van der Waals surface area contributed by atoms with Gasteiger partial charge >= 0.3 is 12.0 Å². The van der Waals surface area contributed by atoms with E-state index in [1.54, 1.807) is 38.1 Å². The Morgan fingerprint density at radius 3 is 2.67 bits per heavy atom. The first-order chi connectivity index (χ1) is 12.8. The molecular weight excluding hydrogens is 354 g/mol. The molecule has 2 aromatic rings. The lowest BCUT2D eigenvalue weighted by molar-refractivity contribution is -0.384. The van der Waals surface area contributed by atoms with E-state index >= 15 is 0 Å². The number of methoxy groups -OCH3 is 1. The molecule has 1 atom stereocenters. The Hall–Kier alpha value is -3.62. The van der Waals surface area contributed by atoms with Crippen molar-refractivity contribution in [3.63, 3.8) is 0 Å². The molecule has 140 valence electrons. The van der Waals surface area contributed by atoms with E-state index in [0.29, 0.717) is 16.8 Å². The molecule has 2 heterocycles. The van der Waals surface area contributed by atoms with Crippen LogP contribution in [-0.2, 0) is 9.53 Å². The van der Waals surface area contributed by atoms with E-state index in [0.717, 1.165) is 0 Å². The molecule has 1 aliphatic heterocycles. The number of nitro groups is 1. The number of hydrogen-bond donors (Lipinski definition) is 2. The SMILES string of the molecule is COC(=O)C1=C(C)NC(=O)N[C@H]1c1ccc(-c2c(C)cccc2[N+](=O)[O-])o1. The van der Waals surface area contributed by atoms with Crippen molar-refractivity contribution in [3.05, 3.63) is 63.0 Å². The van der Waals surface area contributed by atoms with Gasteiger partial charge in [-0.15, -0.1) is 0 Å². The predicted molar refractivity (Wildman–Crippen MR) is 94.7 cm³/mol. The van der Waals surface area contributed by atoms with Gasteiger partial charge in [0.25, 0.3) is 5.69 Å². The fourth-order valence-corrected chi connectivity index (χ4v) is 3.06. The van der Waals surface area contributed by atoms with E-state index in [9.17, 15) is 19.7 Å². The Balaban J connectivity index is 2.09. The number of carbonyl (C=O) groups is 2. The van der Waals surface area contributed by atoms with Gasteiger partial charge in [-0.2, -0.15) is 0 Å². The van der Waals surface area contributed by atoms with Gasteiger partial charge in [-0.05, 0) is 31.5 Å². The van der Waals surface area contributed by atoms with Crippen molar-refractivity contribution in [1.29, 1.82) is 0 Å². The van der Waals surface area contributed by atoms with Crippen molar-refractivity contribution in [3.8, 4) is 11.3 Å². The molecular formula is C18H17N3O6. The number of allylic oxidation sites excluding steroid dienone is 1. The maximum atomic E-state index is 12.1. The number of urea groups is 1. The van der Waals surface area contributed by atoms with Gasteiger partial charge in [0.1, 0.15) is 17.6 Å². The molecule has 0 bridgehead atoms. The van der Waals surface area contributed by atoms with Gasteiger partial charge in [-0.3, -0.25) is 10.1 Å². The molecule has 9 nitrogen and oxygen atoms in total. The molecule has 1 aromatic carbocycles. The predicted octanol–water partition coefficient (Wildman–Crippen LogP) is 2.96. The fourth-order valence-electron chi connectivity index (χ4n) is 3.06. The van der Waals surface area contributed by atoms with E-state index in [1.165, 1.54) is 13.2 Å². The van der Waals surface area contributed by atoms with Gasteiger partial charge < -0.3 is 19.8 Å². The number of hydrogen-bond acceptors (Lipinski definition) is 6. The number of nitrogens with zero attached hydrogens (tertiary/aromatic N) is 1. The second-order valence-electron chi connectivity index (χ2n) is 5.99. The van der Waals surface area contributed by atoms with Gasteiger partial charge in [0, 0.05) is 11.8 Å². The van der Waals surface area contributed by atoms with E-state index in [-0.39, 0.29) is 22.8 Å².